The summed E-state index contributed by atoms with van der Waals surface area (Å²) in [6, 6.07) is 8.97. The molecule has 0 saturated carbocycles. The number of hydrogen-bond acceptors (Lipinski definition) is 5. The molecule has 0 saturated heterocycles. The number of aryl methyl sites for hydroxylation is 1. The molecule has 2 N–H and O–H groups in total. The van der Waals surface area contributed by atoms with E-state index in [0.717, 1.165) is 10.9 Å². The molecule has 3 aromatic rings. The fourth-order valence-corrected chi connectivity index (χ4v) is 2.06. The number of aromatic carboxylic acids is 1. The number of rotatable bonds is 4. The van der Waals surface area contributed by atoms with E-state index in [2.05, 4.69) is 15.3 Å². The number of para-hydroxylation sites is 1. The van der Waals surface area contributed by atoms with Gasteiger partial charge in [0.2, 0.25) is 5.89 Å². The Kier molecular flexibility index (Phi) is 3.27. The molecule has 0 unspecified atom stereocenters. The van der Waals surface area contributed by atoms with Crippen LogP contribution < -0.4 is 5.32 Å². The minimum Gasteiger partial charge on any atom is -0.478 e. The van der Waals surface area contributed by atoms with Crippen LogP contribution >= 0.6 is 0 Å². The Morgan fingerprint density at radius 2 is 2.19 bits per heavy atom. The SMILES string of the molecule is Cc1cnc(CNc2nc3ccccc3cc2C(=O)O)o1. The van der Waals surface area contributed by atoms with E-state index in [0.29, 0.717) is 17.5 Å². The highest BCUT2D eigenvalue weighted by Crippen LogP contribution is 2.21. The molecule has 0 amide bonds. The molecule has 106 valence electrons. The van der Waals surface area contributed by atoms with Crippen molar-refractivity contribution in [3.05, 3.63) is 53.7 Å². The van der Waals surface area contributed by atoms with E-state index in [9.17, 15) is 9.90 Å². The fourth-order valence-electron chi connectivity index (χ4n) is 2.06. The van der Waals surface area contributed by atoms with Gasteiger partial charge in [-0.15, -0.1) is 0 Å². The van der Waals surface area contributed by atoms with E-state index in [4.69, 9.17) is 4.42 Å². The third-order valence-corrected chi connectivity index (χ3v) is 3.03. The Hall–Kier alpha value is -2.89. The Morgan fingerprint density at radius 1 is 1.38 bits per heavy atom. The molecule has 0 spiro atoms. The summed E-state index contributed by atoms with van der Waals surface area (Å²) in [6.07, 6.45) is 1.61. The zero-order chi connectivity index (χ0) is 14.8. The molecule has 1 aromatic carbocycles. The fraction of sp³-hybridized carbons (Fsp3) is 0.133. The summed E-state index contributed by atoms with van der Waals surface area (Å²) in [5.74, 6) is 0.465. The number of hydrogen-bond donors (Lipinski definition) is 2. The molecule has 2 aromatic heterocycles. The lowest BCUT2D eigenvalue weighted by Crippen LogP contribution is -2.08. The van der Waals surface area contributed by atoms with Crippen molar-refractivity contribution in [2.24, 2.45) is 0 Å². The molecular formula is C15H13N3O3. The zero-order valence-corrected chi connectivity index (χ0v) is 11.3. The van der Waals surface area contributed by atoms with Gasteiger partial charge >= 0.3 is 5.97 Å². The van der Waals surface area contributed by atoms with E-state index >= 15 is 0 Å². The molecule has 0 aliphatic heterocycles. The molecule has 21 heavy (non-hydrogen) atoms. The number of pyridine rings is 1. The van der Waals surface area contributed by atoms with Crippen LogP contribution in [0.4, 0.5) is 5.82 Å². The first-order valence-corrected chi connectivity index (χ1v) is 6.42. The monoisotopic (exact) mass is 283 g/mol. The molecule has 0 atom stereocenters. The smallest absolute Gasteiger partial charge is 0.339 e. The van der Waals surface area contributed by atoms with Crippen molar-refractivity contribution in [1.82, 2.24) is 9.97 Å². The maximum Gasteiger partial charge on any atom is 0.339 e. The number of anilines is 1. The number of carboxylic acids is 1. The Bertz CT molecular complexity index is 811. The predicted octanol–water partition coefficient (Wildman–Crippen LogP) is 2.84. The van der Waals surface area contributed by atoms with E-state index in [1.165, 1.54) is 0 Å². The van der Waals surface area contributed by atoms with Crippen LogP contribution in [0.15, 0.2) is 40.9 Å². The Morgan fingerprint density at radius 3 is 2.90 bits per heavy atom. The quantitative estimate of drug-likeness (QED) is 0.765. The first-order chi connectivity index (χ1) is 10.1. The number of carboxylic acid groups (broad SMARTS) is 1. The van der Waals surface area contributed by atoms with Crippen molar-refractivity contribution >= 4 is 22.7 Å². The van der Waals surface area contributed by atoms with Crippen LogP contribution in [0.1, 0.15) is 22.0 Å². The van der Waals surface area contributed by atoms with Gasteiger partial charge in [0.05, 0.1) is 18.3 Å². The minimum absolute atomic E-state index is 0.122. The summed E-state index contributed by atoms with van der Waals surface area (Å²) in [7, 11) is 0. The maximum atomic E-state index is 11.4. The second-order valence-corrected chi connectivity index (χ2v) is 4.60. The molecule has 6 heteroatoms. The highest BCUT2D eigenvalue weighted by atomic mass is 16.4. The first-order valence-electron chi connectivity index (χ1n) is 6.42. The van der Waals surface area contributed by atoms with Gasteiger partial charge in [-0.3, -0.25) is 0 Å². The lowest BCUT2D eigenvalue weighted by Gasteiger charge is -2.08. The van der Waals surface area contributed by atoms with Gasteiger partial charge in [-0.25, -0.2) is 14.8 Å². The third kappa shape index (κ3) is 2.69. The molecule has 0 radical (unpaired) electrons. The summed E-state index contributed by atoms with van der Waals surface area (Å²) in [4.78, 5) is 19.8. The van der Waals surface area contributed by atoms with Crippen LogP contribution in [0.3, 0.4) is 0 Å². The van der Waals surface area contributed by atoms with Crippen LogP contribution in [-0.2, 0) is 6.54 Å². The number of nitrogens with zero attached hydrogens (tertiary/aromatic N) is 2. The van der Waals surface area contributed by atoms with Gasteiger partial charge in [-0.1, -0.05) is 18.2 Å². The Balaban J connectivity index is 1.95. The lowest BCUT2D eigenvalue weighted by molar-refractivity contribution is 0.0697. The predicted molar refractivity (Wildman–Crippen MR) is 77.3 cm³/mol. The average Bonchev–Trinajstić information content (AvgIpc) is 2.89. The number of oxazole rings is 1. The number of benzene rings is 1. The second kappa shape index (κ2) is 5.24. The van der Waals surface area contributed by atoms with Crippen molar-refractivity contribution in [3.63, 3.8) is 0 Å². The van der Waals surface area contributed by atoms with Gasteiger partial charge in [0.1, 0.15) is 17.1 Å². The summed E-state index contributed by atoms with van der Waals surface area (Å²) >= 11 is 0. The molecule has 0 bridgehead atoms. The van der Waals surface area contributed by atoms with E-state index in [1.54, 1.807) is 19.2 Å². The standard InChI is InChI=1S/C15H13N3O3/c1-9-7-16-13(21-9)8-17-14-11(15(19)20)6-10-4-2-3-5-12(10)18-14/h2-7H,8H2,1H3,(H,17,18)(H,19,20). The molecular weight excluding hydrogens is 270 g/mol. The molecule has 0 fully saturated rings. The van der Waals surface area contributed by atoms with Crippen molar-refractivity contribution < 1.29 is 14.3 Å². The van der Waals surface area contributed by atoms with Crippen LogP contribution in [0.2, 0.25) is 0 Å². The zero-order valence-electron chi connectivity index (χ0n) is 11.3. The van der Waals surface area contributed by atoms with Gasteiger partial charge in [0.25, 0.3) is 0 Å². The van der Waals surface area contributed by atoms with Crippen LogP contribution in [-0.4, -0.2) is 21.0 Å². The van der Waals surface area contributed by atoms with Crippen LogP contribution in [0.5, 0.6) is 0 Å². The first kappa shape index (κ1) is 13.1. The van der Waals surface area contributed by atoms with E-state index in [-0.39, 0.29) is 12.1 Å². The number of nitrogens with one attached hydrogen (secondary N) is 1. The lowest BCUT2D eigenvalue weighted by atomic mass is 10.1. The van der Waals surface area contributed by atoms with Gasteiger partial charge in [-0.2, -0.15) is 0 Å². The normalized spacial score (nSPS) is 10.7. The molecule has 0 aliphatic carbocycles. The number of fused-ring (bicyclic) bond motifs is 1. The second-order valence-electron chi connectivity index (χ2n) is 4.60. The maximum absolute atomic E-state index is 11.4. The average molecular weight is 283 g/mol. The molecule has 6 nitrogen and oxygen atoms in total. The summed E-state index contributed by atoms with van der Waals surface area (Å²) < 4.78 is 5.34. The Labute approximate surface area is 120 Å². The van der Waals surface area contributed by atoms with Gasteiger partial charge in [0.15, 0.2) is 0 Å². The van der Waals surface area contributed by atoms with E-state index < -0.39 is 5.97 Å². The van der Waals surface area contributed by atoms with Gasteiger partial charge in [0, 0.05) is 5.39 Å². The van der Waals surface area contributed by atoms with Crippen LogP contribution in [0.25, 0.3) is 10.9 Å². The van der Waals surface area contributed by atoms with Crippen molar-refractivity contribution in [2.75, 3.05) is 5.32 Å². The highest BCUT2D eigenvalue weighted by Gasteiger charge is 2.13. The highest BCUT2D eigenvalue weighted by molar-refractivity contribution is 5.98. The van der Waals surface area contributed by atoms with Gasteiger partial charge < -0.3 is 14.8 Å². The van der Waals surface area contributed by atoms with Gasteiger partial charge in [-0.05, 0) is 19.1 Å². The summed E-state index contributed by atoms with van der Waals surface area (Å²) in [5, 5.41) is 13.1. The molecule has 2 heterocycles. The minimum atomic E-state index is -1.03. The summed E-state index contributed by atoms with van der Waals surface area (Å²) in [5.41, 5.74) is 0.852. The number of carbonyl (C=O) groups is 1. The van der Waals surface area contributed by atoms with Crippen molar-refractivity contribution in [1.29, 1.82) is 0 Å². The topological polar surface area (TPSA) is 88.2 Å². The third-order valence-electron chi connectivity index (χ3n) is 3.03. The van der Waals surface area contributed by atoms with E-state index in [1.807, 2.05) is 24.3 Å². The number of aromatic nitrogens is 2. The molecule has 0 aliphatic rings. The summed E-state index contributed by atoms with van der Waals surface area (Å²) in [6.45, 7) is 2.08. The largest absolute Gasteiger partial charge is 0.478 e. The van der Waals surface area contributed by atoms with Crippen molar-refractivity contribution in [3.8, 4) is 0 Å². The van der Waals surface area contributed by atoms with Crippen molar-refractivity contribution in [2.45, 2.75) is 13.5 Å². The van der Waals surface area contributed by atoms with Crippen LogP contribution in [0, 0.1) is 6.92 Å². The molecule has 3 rings (SSSR count).